The molecule has 0 aliphatic heterocycles. The summed E-state index contributed by atoms with van der Waals surface area (Å²) in [4.78, 5) is 15.3. The number of benzene rings is 6. The molecule has 11 rings (SSSR count). The molecule has 57 heavy (non-hydrogen) atoms. The molecule has 0 saturated heterocycles. The van der Waals surface area contributed by atoms with Crippen LogP contribution in [-0.2, 0) is 21.1 Å². The Hall–Kier alpha value is -6.62. The van der Waals surface area contributed by atoms with Crippen molar-refractivity contribution < 1.29 is 25.8 Å². The molecular formula is C50H33N5OPt. The first-order valence-corrected chi connectivity index (χ1v) is 18.8. The van der Waals surface area contributed by atoms with E-state index < -0.39 is 0 Å². The molecule has 0 fully saturated rings. The summed E-state index contributed by atoms with van der Waals surface area (Å²) < 4.78 is 11.1. The van der Waals surface area contributed by atoms with Crippen molar-refractivity contribution in [3.63, 3.8) is 0 Å². The van der Waals surface area contributed by atoms with E-state index in [2.05, 4.69) is 133 Å². The van der Waals surface area contributed by atoms with Crippen molar-refractivity contribution in [2.75, 3.05) is 0 Å². The zero-order valence-corrected chi connectivity index (χ0v) is 33.6. The van der Waals surface area contributed by atoms with E-state index in [0.29, 0.717) is 11.5 Å². The molecule has 0 radical (unpaired) electrons. The van der Waals surface area contributed by atoms with Crippen molar-refractivity contribution in [3.05, 3.63) is 175 Å². The van der Waals surface area contributed by atoms with Crippen LogP contribution in [0, 0.1) is 32.9 Å². The van der Waals surface area contributed by atoms with Gasteiger partial charge in [-0.25, -0.2) is 4.98 Å². The fourth-order valence-electron chi connectivity index (χ4n) is 8.66. The molecule has 5 aromatic heterocycles. The third kappa shape index (κ3) is 5.47. The zero-order valence-electron chi connectivity index (χ0n) is 31.3. The number of imidazole rings is 2. The maximum Gasteiger partial charge on any atom is 2.00 e. The Kier molecular flexibility index (Phi) is 8.28. The van der Waals surface area contributed by atoms with Gasteiger partial charge in [0.1, 0.15) is 5.65 Å². The Morgan fingerprint density at radius 3 is 1.88 bits per heavy atom. The van der Waals surface area contributed by atoms with Crippen molar-refractivity contribution in [2.45, 2.75) is 20.8 Å². The minimum absolute atomic E-state index is 0. The molecule has 0 spiro atoms. The molecule has 0 bridgehead atoms. The number of ether oxygens (including phenoxy) is 1. The minimum Gasteiger partial charge on any atom is -0.497 e. The van der Waals surface area contributed by atoms with Gasteiger partial charge in [-0.1, -0.05) is 148 Å². The van der Waals surface area contributed by atoms with Crippen LogP contribution in [0.25, 0.3) is 88.5 Å². The quantitative estimate of drug-likeness (QED) is 0.127. The normalized spacial score (nSPS) is 11.6. The van der Waals surface area contributed by atoms with Crippen molar-refractivity contribution in [2.24, 2.45) is 0 Å². The molecule has 0 amide bonds. The summed E-state index contributed by atoms with van der Waals surface area (Å²) >= 11 is 0. The SMILES string of the molecule is Cc1cc(C)c(-c2cnc3c4[c-]c(Oc5[c-]c6c(cc5)c5cccnc5n5c(-c7ccccc7)c(-c7ccccc7)nc65)ccc4c4ccccc4n23)c(C)c1.[Pt+2]. The van der Waals surface area contributed by atoms with Crippen LogP contribution in [0.3, 0.4) is 0 Å². The van der Waals surface area contributed by atoms with Crippen LogP contribution < -0.4 is 4.74 Å². The van der Waals surface area contributed by atoms with Crippen molar-refractivity contribution in [3.8, 4) is 45.3 Å². The number of aromatic nitrogens is 5. The summed E-state index contributed by atoms with van der Waals surface area (Å²) in [7, 11) is 0. The van der Waals surface area contributed by atoms with E-state index in [0.717, 1.165) is 83.0 Å². The Balaban J connectivity index is 0.00000396. The average molecular weight is 915 g/mol. The van der Waals surface area contributed by atoms with E-state index in [1.54, 1.807) is 0 Å². The van der Waals surface area contributed by atoms with Gasteiger partial charge in [0, 0.05) is 46.1 Å². The number of para-hydroxylation sites is 1. The minimum atomic E-state index is 0. The predicted octanol–water partition coefficient (Wildman–Crippen LogP) is 12.3. The van der Waals surface area contributed by atoms with Gasteiger partial charge in [-0.05, 0) is 54.8 Å². The fourth-order valence-corrected chi connectivity index (χ4v) is 8.66. The van der Waals surface area contributed by atoms with E-state index in [4.69, 9.17) is 19.7 Å². The summed E-state index contributed by atoms with van der Waals surface area (Å²) in [5, 5.41) is 5.94. The average Bonchev–Trinajstić information content (AvgIpc) is 3.85. The molecule has 11 aromatic rings. The van der Waals surface area contributed by atoms with Crippen LogP contribution in [0.1, 0.15) is 16.7 Å². The molecule has 7 heteroatoms. The van der Waals surface area contributed by atoms with Crippen LogP contribution in [-0.4, -0.2) is 23.8 Å². The largest absolute Gasteiger partial charge is 2.00 e. The van der Waals surface area contributed by atoms with Gasteiger partial charge < -0.3 is 13.5 Å². The molecule has 0 aliphatic rings. The number of fused-ring (bicyclic) bond motifs is 12. The van der Waals surface area contributed by atoms with Gasteiger partial charge in [-0.3, -0.25) is 9.97 Å². The summed E-state index contributed by atoms with van der Waals surface area (Å²) in [6.07, 6.45) is 3.83. The van der Waals surface area contributed by atoms with E-state index >= 15 is 0 Å². The molecule has 0 aliphatic carbocycles. The standard InChI is InChI=1S/C50H33N5O.Pt/c1-30-25-31(2)45(32(3)26-30)44-29-52-49-41-27-35(20-22-37(41)39-17-10-11-19-43(39)54(44)49)56-36-21-23-38-40-18-12-24-51-48(40)55-47(34-15-8-5-9-16-34)46(33-13-6-4-7-14-33)53-50(55)42(38)28-36;/h4-26,29H,1-3H3;/q-2;+2. The second-order valence-electron chi connectivity index (χ2n) is 14.5. The van der Waals surface area contributed by atoms with Crippen LogP contribution >= 0.6 is 0 Å². The first-order valence-electron chi connectivity index (χ1n) is 18.8. The number of hydrogen-bond acceptors (Lipinski definition) is 4. The second kappa shape index (κ2) is 13.5. The molecule has 6 nitrogen and oxygen atoms in total. The van der Waals surface area contributed by atoms with Crippen molar-refractivity contribution >= 4 is 54.8 Å². The third-order valence-corrected chi connectivity index (χ3v) is 10.9. The monoisotopic (exact) mass is 914 g/mol. The van der Waals surface area contributed by atoms with Gasteiger partial charge in [0.15, 0.2) is 0 Å². The van der Waals surface area contributed by atoms with E-state index in [1.807, 2.05) is 54.9 Å². The zero-order chi connectivity index (χ0) is 37.5. The molecule has 0 atom stereocenters. The number of nitrogens with zero attached hydrogens (tertiary/aromatic N) is 5. The summed E-state index contributed by atoms with van der Waals surface area (Å²) in [6.45, 7) is 6.50. The van der Waals surface area contributed by atoms with Crippen LogP contribution in [0.15, 0.2) is 146 Å². The van der Waals surface area contributed by atoms with Gasteiger partial charge in [0.2, 0.25) is 0 Å². The topological polar surface area (TPSA) is 56.7 Å². The van der Waals surface area contributed by atoms with Crippen molar-refractivity contribution in [1.82, 2.24) is 23.8 Å². The maximum absolute atomic E-state index is 6.66. The summed E-state index contributed by atoms with van der Waals surface area (Å²) in [5.74, 6) is 1.14. The maximum atomic E-state index is 6.66. The number of pyridine rings is 3. The number of rotatable bonds is 5. The molecule has 5 heterocycles. The first kappa shape index (κ1) is 34.8. The van der Waals surface area contributed by atoms with Crippen LogP contribution in [0.4, 0.5) is 0 Å². The molecule has 6 aromatic carbocycles. The molecule has 0 N–H and O–H groups in total. The molecule has 0 saturated carbocycles. The van der Waals surface area contributed by atoms with Gasteiger partial charge in [0.05, 0.1) is 28.4 Å². The predicted molar refractivity (Wildman–Crippen MR) is 226 cm³/mol. The molecule has 0 unspecified atom stereocenters. The van der Waals surface area contributed by atoms with Gasteiger partial charge in [-0.2, -0.15) is 0 Å². The van der Waals surface area contributed by atoms with E-state index in [-0.39, 0.29) is 21.1 Å². The summed E-state index contributed by atoms with van der Waals surface area (Å²) in [6, 6.07) is 53.2. The molecular weight excluding hydrogens is 882 g/mol. The van der Waals surface area contributed by atoms with Gasteiger partial charge in [0.25, 0.3) is 0 Å². The number of aryl methyl sites for hydroxylation is 3. The Labute approximate surface area is 343 Å². The van der Waals surface area contributed by atoms with Gasteiger partial charge >= 0.3 is 21.1 Å². The van der Waals surface area contributed by atoms with E-state index in [1.165, 1.54) is 22.3 Å². The summed E-state index contributed by atoms with van der Waals surface area (Å²) in [5.41, 5.74) is 13.4. The second-order valence-corrected chi connectivity index (χ2v) is 14.5. The van der Waals surface area contributed by atoms with E-state index in [9.17, 15) is 0 Å². The Morgan fingerprint density at radius 1 is 0.544 bits per heavy atom. The van der Waals surface area contributed by atoms with Gasteiger partial charge in [-0.15, -0.1) is 12.1 Å². The number of hydrogen-bond donors (Lipinski definition) is 0. The first-order chi connectivity index (χ1) is 27.5. The molecule has 274 valence electrons. The smallest absolute Gasteiger partial charge is 0.497 e. The van der Waals surface area contributed by atoms with Crippen LogP contribution in [0.2, 0.25) is 0 Å². The Morgan fingerprint density at radius 2 is 1.16 bits per heavy atom. The fraction of sp³-hybridized carbons (Fsp3) is 0.0600. The van der Waals surface area contributed by atoms with Crippen molar-refractivity contribution in [1.29, 1.82) is 0 Å². The van der Waals surface area contributed by atoms with Crippen LogP contribution in [0.5, 0.6) is 11.5 Å². The Bertz CT molecular complexity index is 3350. The third-order valence-electron chi connectivity index (χ3n) is 10.9.